The molecule has 0 spiro atoms. The molecular weight excluding hydrogens is 394 g/mol. The maximum atomic E-state index is 12.8. The number of aromatic amines is 1. The van der Waals surface area contributed by atoms with Gasteiger partial charge in [0.15, 0.2) is 5.11 Å². The van der Waals surface area contributed by atoms with Crippen molar-refractivity contribution in [3.05, 3.63) is 81.1 Å². The number of aliphatic hydroxyl groups excluding tert-OH is 1. The van der Waals surface area contributed by atoms with Crippen molar-refractivity contribution in [1.29, 1.82) is 0 Å². The highest BCUT2D eigenvalue weighted by Crippen LogP contribution is 2.20. The number of nitrogens with one attached hydrogen (secondary N) is 2. The number of fused-ring (bicyclic) bond motifs is 1. The first-order valence-electron chi connectivity index (χ1n) is 10.2. The van der Waals surface area contributed by atoms with Crippen LogP contribution in [-0.4, -0.2) is 33.3 Å². The Labute approximate surface area is 182 Å². The Morgan fingerprint density at radius 2 is 1.87 bits per heavy atom. The van der Waals surface area contributed by atoms with Crippen LogP contribution in [0.2, 0.25) is 0 Å². The van der Waals surface area contributed by atoms with Gasteiger partial charge in [0.1, 0.15) is 0 Å². The molecule has 3 aromatic rings. The third-order valence-corrected chi connectivity index (χ3v) is 5.77. The fourth-order valence-electron chi connectivity index (χ4n) is 3.56. The predicted octanol–water partition coefficient (Wildman–Crippen LogP) is 3.97. The summed E-state index contributed by atoms with van der Waals surface area (Å²) in [6, 6.07) is 16.2. The molecular formula is C24H29N3O2S. The topological polar surface area (TPSA) is 68.4 Å². The molecule has 0 fully saturated rings. The van der Waals surface area contributed by atoms with E-state index in [1.54, 1.807) is 0 Å². The second-order valence-corrected chi connectivity index (χ2v) is 8.08. The fraction of sp³-hybridized carbons (Fsp3) is 0.333. The van der Waals surface area contributed by atoms with Crippen LogP contribution in [0.5, 0.6) is 0 Å². The Morgan fingerprint density at radius 1 is 1.17 bits per heavy atom. The van der Waals surface area contributed by atoms with Crippen molar-refractivity contribution >= 4 is 28.2 Å². The lowest BCUT2D eigenvalue weighted by molar-refractivity contribution is 0.263. The van der Waals surface area contributed by atoms with Gasteiger partial charge in [-0.05, 0) is 62.2 Å². The van der Waals surface area contributed by atoms with Crippen LogP contribution in [0.4, 0.5) is 0 Å². The molecule has 30 heavy (non-hydrogen) atoms. The SMILES string of the molecule is Cc1ccc(C)c2[nH]c(=O)c(CN(CCCO)C(=S)N[C@@H](C)c3ccccc3)cc12. The van der Waals surface area contributed by atoms with Crippen LogP contribution >= 0.6 is 12.2 Å². The number of aryl methyl sites for hydroxylation is 2. The molecule has 0 aliphatic rings. The normalized spacial score (nSPS) is 12.0. The number of thiocarbonyl (C=S) groups is 1. The zero-order valence-corrected chi connectivity index (χ0v) is 18.6. The second kappa shape index (κ2) is 9.87. The van der Waals surface area contributed by atoms with Crippen molar-refractivity contribution in [2.75, 3.05) is 13.2 Å². The van der Waals surface area contributed by atoms with E-state index in [1.165, 1.54) is 0 Å². The molecule has 0 saturated carbocycles. The van der Waals surface area contributed by atoms with Gasteiger partial charge in [0.25, 0.3) is 5.56 Å². The molecule has 3 rings (SSSR count). The van der Waals surface area contributed by atoms with Crippen LogP contribution < -0.4 is 10.9 Å². The minimum absolute atomic E-state index is 0.0371. The molecule has 0 radical (unpaired) electrons. The summed E-state index contributed by atoms with van der Waals surface area (Å²) in [5.74, 6) is 0. The van der Waals surface area contributed by atoms with E-state index in [2.05, 4.69) is 35.4 Å². The molecule has 0 bridgehead atoms. The summed E-state index contributed by atoms with van der Waals surface area (Å²) < 4.78 is 0. The number of aromatic nitrogens is 1. The molecule has 158 valence electrons. The van der Waals surface area contributed by atoms with Crippen LogP contribution in [0.1, 0.15) is 41.6 Å². The lowest BCUT2D eigenvalue weighted by Gasteiger charge is -2.28. The number of benzene rings is 2. The molecule has 1 aromatic heterocycles. The maximum Gasteiger partial charge on any atom is 0.253 e. The van der Waals surface area contributed by atoms with E-state index in [0.717, 1.165) is 27.6 Å². The van der Waals surface area contributed by atoms with Gasteiger partial charge in [0, 0.05) is 24.1 Å². The first-order chi connectivity index (χ1) is 14.4. The summed E-state index contributed by atoms with van der Waals surface area (Å²) in [4.78, 5) is 17.8. The Balaban J connectivity index is 1.85. The molecule has 3 N–H and O–H groups in total. The molecule has 5 nitrogen and oxygen atoms in total. The van der Waals surface area contributed by atoms with E-state index in [-0.39, 0.29) is 18.2 Å². The monoisotopic (exact) mass is 423 g/mol. The van der Waals surface area contributed by atoms with Gasteiger partial charge in [-0.15, -0.1) is 0 Å². The Morgan fingerprint density at radius 3 is 2.57 bits per heavy atom. The summed E-state index contributed by atoms with van der Waals surface area (Å²) >= 11 is 5.67. The van der Waals surface area contributed by atoms with Crippen LogP contribution in [0, 0.1) is 13.8 Å². The highest BCUT2D eigenvalue weighted by atomic mass is 32.1. The molecule has 0 amide bonds. The quantitative estimate of drug-likeness (QED) is 0.502. The van der Waals surface area contributed by atoms with Crippen molar-refractivity contribution in [3.8, 4) is 0 Å². The van der Waals surface area contributed by atoms with E-state index in [0.29, 0.717) is 30.2 Å². The van der Waals surface area contributed by atoms with Crippen molar-refractivity contribution < 1.29 is 5.11 Å². The van der Waals surface area contributed by atoms with Crippen molar-refractivity contribution in [1.82, 2.24) is 15.2 Å². The number of hydrogen-bond acceptors (Lipinski definition) is 3. The molecule has 0 aliphatic heterocycles. The van der Waals surface area contributed by atoms with E-state index in [1.807, 2.05) is 49.1 Å². The number of aliphatic hydroxyl groups is 1. The number of rotatable bonds is 7. The highest BCUT2D eigenvalue weighted by molar-refractivity contribution is 7.80. The Hall–Kier alpha value is -2.70. The van der Waals surface area contributed by atoms with Gasteiger partial charge in [-0.2, -0.15) is 0 Å². The minimum Gasteiger partial charge on any atom is -0.396 e. The van der Waals surface area contributed by atoms with Gasteiger partial charge >= 0.3 is 0 Å². The standard InChI is InChI=1S/C24H29N3O2S/c1-16-10-11-17(2)22-21(16)14-20(23(29)26-22)15-27(12-7-13-28)24(30)25-18(3)19-8-5-4-6-9-19/h4-6,8-11,14,18,28H,7,12-13,15H2,1-3H3,(H,25,30)(H,26,29)/t18-/m0/s1. The highest BCUT2D eigenvalue weighted by Gasteiger charge is 2.16. The third kappa shape index (κ3) is 5.07. The fourth-order valence-corrected chi connectivity index (χ4v) is 3.89. The second-order valence-electron chi connectivity index (χ2n) is 7.69. The number of pyridine rings is 1. The maximum absolute atomic E-state index is 12.8. The summed E-state index contributed by atoms with van der Waals surface area (Å²) in [6.45, 7) is 7.11. The molecule has 0 saturated heterocycles. The van der Waals surface area contributed by atoms with Crippen LogP contribution in [0.25, 0.3) is 10.9 Å². The van der Waals surface area contributed by atoms with Gasteiger partial charge in [-0.25, -0.2) is 0 Å². The lowest BCUT2D eigenvalue weighted by atomic mass is 10.0. The lowest BCUT2D eigenvalue weighted by Crippen LogP contribution is -2.42. The molecule has 1 atom stereocenters. The molecule has 1 heterocycles. The average Bonchev–Trinajstić information content (AvgIpc) is 2.75. The zero-order chi connectivity index (χ0) is 21.7. The molecule has 0 unspecified atom stereocenters. The van der Waals surface area contributed by atoms with Gasteiger partial charge < -0.3 is 20.3 Å². The predicted molar refractivity (Wildman–Crippen MR) is 127 cm³/mol. The van der Waals surface area contributed by atoms with E-state index < -0.39 is 0 Å². The smallest absolute Gasteiger partial charge is 0.253 e. The first-order valence-corrected chi connectivity index (χ1v) is 10.6. The minimum atomic E-state index is -0.107. The van der Waals surface area contributed by atoms with Crippen molar-refractivity contribution in [2.45, 2.75) is 39.8 Å². The van der Waals surface area contributed by atoms with Gasteiger partial charge in [0.2, 0.25) is 0 Å². The third-order valence-electron chi connectivity index (χ3n) is 5.39. The van der Waals surface area contributed by atoms with E-state index in [4.69, 9.17) is 12.2 Å². The van der Waals surface area contributed by atoms with E-state index >= 15 is 0 Å². The van der Waals surface area contributed by atoms with Gasteiger partial charge in [-0.1, -0.05) is 42.5 Å². The Bertz CT molecular complexity index is 1080. The van der Waals surface area contributed by atoms with Crippen LogP contribution in [-0.2, 0) is 6.54 Å². The van der Waals surface area contributed by atoms with Crippen molar-refractivity contribution in [2.24, 2.45) is 0 Å². The van der Waals surface area contributed by atoms with E-state index in [9.17, 15) is 9.90 Å². The number of H-pyrrole nitrogens is 1. The number of nitrogens with zero attached hydrogens (tertiary/aromatic N) is 1. The van der Waals surface area contributed by atoms with Crippen LogP contribution in [0.3, 0.4) is 0 Å². The largest absolute Gasteiger partial charge is 0.396 e. The van der Waals surface area contributed by atoms with Gasteiger partial charge in [-0.3, -0.25) is 4.79 Å². The Kier molecular flexibility index (Phi) is 7.24. The summed E-state index contributed by atoms with van der Waals surface area (Å²) in [5, 5.41) is 14.3. The van der Waals surface area contributed by atoms with Gasteiger partial charge in [0.05, 0.1) is 18.1 Å². The zero-order valence-electron chi connectivity index (χ0n) is 17.7. The summed E-state index contributed by atoms with van der Waals surface area (Å²) in [5.41, 5.74) is 4.73. The molecule has 0 aliphatic carbocycles. The average molecular weight is 424 g/mol. The summed E-state index contributed by atoms with van der Waals surface area (Å²) in [7, 11) is 0. The molecule has 6 heteroatoms. The van der Waals surface area contributed by atoms with Crippen LogP contribution in [0.15, 0.2) is 53.3 Å². The summed E-state index contributed by atoms with van der Waals surface area (Å²) in [6.07, 6.45) is 0.575. The first kappa shape index (κ1) is 22.0. The number of hydrogen-bond donors (Lipinski definition) is 3. The molecule has 2 aromatic carbocycles. The van der Waals surface area contributed by atoms with Crippen molar-refractivity contribution in [3.63, 3.8) is 0 Å².